The number of anilines is 2. The van der Waals surface area contributed by atoms with E-state index < -0.39 is 0 Å². The maximum absolute atomic E-state index is 4.41. The first-order chi connectivity index (χ1) is 8.33. The number of halogens is 1. The van der Waals surface area contributed by atoms with Crippen molar-refractivity contribution in [3.63, 3.8) is 0 Å². The van der Waals surface area contributed by atoms with Crippen LogP contribution in [0.3, 0.4) is 0 Å². The Morgan fingerprint density at radius 3 is 2.59 bits per heavy atom. The first kappa shape index (κ1) is 12.6. The van der Waals surface area contributed by atoms with E-state index in [4.69, 9.17) is 0 Å². The highest BCUT2D eigenvalue weighted by molar-refractivity contribution is 9.10. The molecule has 0 unspecified atom stereocenters. The molecule has 17 heavy (non-hydrogen) atoms. The van der Waals surface area contributed by atoms with Crippen LogP contribution in [0, 0.1) is 0 Å². The van der Waals surface area contributed by atoms with E-state index in [1.165, 1.54) is 25.7 Å². The summed E-state index contributed by atoms with van der Waals surface area (Å²) in [7, 11) is 0. The molecule has 0 aromatic carbocycles. The van der Waals surface area contributed by atoms with Crippen LogP contribution in [0.4, 0.5) is 11.6 Å². The maximum Gasteiger partial charge on any atom is 0.148 e. The van der Waals surface area contributed by atoms with Crippen molar-refractivity contribution >= 4 is 27.6 Å². The standard InChI is InChI=1S/C12H19BrN4/c1-2-14-11-10(13)12(16-9-15-11)17-7-5-3-4-6-8-17/h9H,2-8H2,1H3,(H,14,15,16). The van der Waals surface area contributed by atoms with E-state index in [2.05, 4.69) is 43.0 Å². The average Bonchev–Trinajstić information content (AvgIpc) is 2.61. The summed E-state index contributed by atoms with van der Waals surface area (Å²) in [4.78, 5) is 11.0. The number of hydrogen-bond donors (Lipinski definition) is 1. The van der Waals surface area contributed by atoms with Crippen LogP contribution in [-0.2, 0) is 0 Å². The van der Waals surface area contributed by atoms with Gasteiger partial charge in [-0.25, -0.2) is 9.97 Å². The number of rotatable bonds is 3. The second-order valence-corrected chi connectivity index (χ2v) is 5.08. The van der Waals surface area contributed by atoms with E-state index in [0.717, 1.165) is 35.7 Å². The number of nitrogens with one attached hydrogen (secondary N) is 1. The van der Waals surface area contributed by atoms with Gasteiger partial charge in [0.05, 0.1) is 0 Å². The van der Waals surface area contributed by atoms with E-state index in [0.29, 0.717) is 0 Å². The third-order valence-electron chi connectivity index (χ3n) is 3.02. The van der Waals surface area contributed by atoms with Gasteiger partial charge in [0, 0.05) is 19.6 Å². The molecule has 0 radical (unpaired) electrons. The molecule has 1 fully saturated rings. The summed E-state index contributed by atoms with van der Waals surface area (Å²) in [6, 6.07) is 0. The van der Waals surface area contributed by atoms with Crippen molar-refractivity contribution in [2.24, 2.45) is 0 Å². The minimum Gasteiger partial charge on any atom is -0.369 e. The lowest BCUT2D eigenvalue weighted by Gasteiger charge is -2.23. The van der Waals surface area contributed by atoms with Crippen LogP contribution in [0.1, 0.15) is 32.6 Å². The van der Waals surface area contributed by atoms with E-state index in [-0.39, 0.29) is 0 Å². The molecule has 2 heterocycles. The summed E-state index contributed by atoms with van der Waals surface area (Å²) in [6.45, 7) is 5.14. The first-order valence-electron chi connectivity index (χ1n) is 6.32. The fourth-order valence-electron chi connectivity index (χ4n) is 2.15. The lowest BCUT2D eigenvalue weighted by atomic mass is 10.2. The zero-order valence-electron chi connectivity index (χ0n) is 10.2. The first-order valence-corrected chi connectivity index (χ1v) is 7.11. The van der Waals surface area contributed by atoms with Gasteiger partial charge in [-0.2, -0.15) is 0 Å². The van der Waals surface area contributed by atoms with Crippen molar-refractivity contribution in [2.45, 2.75) is 32.6 Å². The summed E-state index contributed by atoms with van der Waals surface area (Å²) < 4.78 is 0.990. The van der Waals surface area contributed by atoms with E-state index in [9.17, 15) is 0 Å². The van der Waals surface area contributed by atoms with Gasteiger partial charge in [-0.05, 0) is 35.7 Å². The van der Waals surface area contributed by atoms with E-state index in [1.54, 1.807) is 6.33 Å². The Kier molecular flexibility index (Phi) is 4.59. The monoisotopic (exact) mass is 298 g/mol. The van der Waals surface area contributed by atoms with Crippen LogP contribution in [0.2, 0.25) is 0 Å². The molecular weight excluding hydrogens is 280 g/mol. The minimum atomic E-state index is 0.870. The summed E-state index contributed by atoms with van der Waals surface area (Å²) in [5, 5.41) is 3.25. The quantitative estimate of drug-likeness (QED) is 0.931. The normalized spacial score (nSPS) is 16.7. The number of hydrogen-bond acceptors (Lipinski definition) is 4. The topological polar surface area (TPSA) is 41.1 Å². The van der Waals surface area contributed by atoms with Crippen molar-refractivity contribution in [2.75, 3.05) is 29.9 Å². The SMILES string of the molecule is CCNc1ncnc(N2CCCCCC2)c1Br. The number of nitrogens with zero attached hydrogens (tertiary/aromatic N) is 3. The van der Waals surface area contributed by atoms with E-state index in [1.807, 2.05) is 0 Å². The number of aromatic nitrogens is 2. The average molecular weight is 299 g/mol. The molecule has 1 N–H and O–H groups in total. The summed E-state index contributed by atoms with van der Waals surface area (Å²) in [6.07, 6.45) is 6.82. The van der Waals surface area contributed by atoms with Crippen LogP contribution < -0.4 is 10.2 Å². The van der Waals surface area contributed by atoms with Crippen molar-refractivity contribution in [1.29, 1.82) is 0 Å². The smallest absolute Gasteiger partial charge is 0.148 e. The largest absolute Gasteiger partial charge is 0.369 e. The molecule has 1 saturated heterocycles. The molecule has 0 spiro atoms. The molecule has 1 aromatic heterocycles. The second kappa shape index (κ2) is 6.19. The third kappa shape index (κ3) is 3.09. The summed E-state index contributed by atoms with van der Waals surface area (Å²) in [5.74, 6) is 1.92. The molecular formula is C12H19BrN4. The second-order valence-electron chi connectivity index (χ2n) is 4.29. The van der Waals surface area contributed by atoms with Gasteiger partial charge in [-0.15, -0.1) is 0 Å². The Bertz CT molecular complexity index is 362. The van der Waals surface area contributed by atoms with Gasteiger partial charge in [-0.1, -0.05) is 12.8 Å². The fraction of sp³-hybridized carbons (Fsp3) is 0.667. The van der Waals surface area contributed by atoms with Crippen LogP contribution in [0.25, 0.3) is 0 Å². The Hall–Kier alpha value is -0.840. The van der Waals surface area contributed by atoms with Crippen LogP contribution in [0.5, 0.6) is 0 Å². The molecule has 4 nitrogen and oxygen atoms in total. The molecule has 1 aromatic rings. The summed E-state index contributed by atoms with van der Waals surface area (Å²) in [5.41, 5.74) is 0. The van der Waals surface area contributed by atoms with Crippen molar-refractivity contribution in [3.8, 4) is 0 Å². The van der Waals surface area contributed by atoms with Crippen LogP contribution >= 0.6 is 15.9 Å². The predicted octanol–water partition coefficient (Wildman–Crippen LogP) is 3.05. The molecule has 0 atom stereocenters. The highest BCUT2D eigenvalue weighted by Gasteiger charge is 2.16. The molecule has 2 rings (SSSR count). The zero-order valence-corrected chi connectivity index (χ0v) is 11.8. The Balaban J connectivity index is 2.21. The molecule has 5 heteroatoms. The molecule has 0 bridgehead atoms. The van der Waals surface area contributed by atoms with Crippen LogP contribution in [0.15, 0.2) is 10.8 Å². The van der Waals surface area contributed by atoms with Crippen molar-refractivity contribution < 1.29 is 0 Å². The molecule has 0 saturated carbocycles. The maximum atomic E-state index is 4.41. The van der Waals surface area contributed by atoms with Gasteiger partial charge in [0.1, 0.15) is 22.4 Å². The van der Waals surface area contributed by atoms with Crippen LogP contribution in [-0.4, -0.2) is 29.6 Å². The highest BCUT2D eigenvalue weighted by Crippen LogP contribution is 2.30. The Labute approximate surface area is 111 Å². The third-order valence-corrected chi connectivity index (χ3v) is 3.75. The van der Waals surface area contributed by atoms with Crippen molar-refractivity contribution in [3.05, 3.63) is 10.8 Å². The Morgan fingerprint density at radius 2 is 1.94 bits per heavy atom. The molecule has 0 aliphatic carbocycles. The van der Waals surface area contributed by atoms with Gasteiger partial charge in [0.15, 0.2) is 0 Å². The molecule has 0 amide bonds. The zero-order chi connectivity index (χ0) is 12.1. The van der Waals surface area contributed by atoms with Gasteiger partial charge in [0.25, 0.3) is 0 Å². The van der Waals surface area contributed by atoms with Gasteiger partial charge >= 0.3 is 0 Å². The van der Waals surface area contributed by atoms with E-state index >= 15 is 0 Å². The van der Waals surface area contributed by atoms with Gasteiger partial charge < -0.3 is 10.2 Å². The predicted molar refractivity (Wildman–Crippen MR) is 74.6 cm³/mol. The summed E-state index contributed by atoms with van der Waals surface area (Å²) >= 11 is 3.61. The lowest BCUT2D eigenvalue weighted by molar-refractivity contribution is 0.726. The van der Waals surface area contributed by atoms with Crippen molar-refractivity contribution in [1.82, 2.24) is 9.97 Å². The molecule has 94 valence electrons. The molecule has 1 aliphatic rings. The fourth-order valence-corrected chi connectivity index (χ4v) is 2.75. The van der Waals surface area contributed by atoms with Gasteiger partial charge in [0.2, 0.25) is 0 Å². The minimum absolute atomic E-state index is 0.870. The Morgan fingerprint density at radius 1 is 1.24 bits per heavy atom. The highest BCUT2D eigenvalue weighted by atomic mass is 79.9. The molecule has 1 aliphatic heterocycles. The lowest BCUT2D eigenvalue weighted by Crippen LogP contribution is -2.25. The van der Waals surface area contributed by atoms with Gasteiger partial charge in [-0.3, -0.25) is 0 Å².